The van der Waals surface area contributed by atoms with Crippen LogP contribution < -0.4 is 0 Å². The minimum Gasteiger partial charge on any atom is -0.365 e. The summed E-state index contributed by atoms with van der Waals surface area (Å²) in [5, 5.41) is 3.35. The van der Waals surface area contributed by atoms with Crippen molar-refractivity contribution in [2.24, 2.45) is 0 Å². The molecule has 0 unspecified atom stereocenters. The highest BCUT2D eigenvalue weighted by molar-refractivity contribution is 4.67. The maximum absolute atomic E-state index is 4.33. The Kier molecular flexibility index (Phi) is 18.8. The topological polar surface area (TPSA) is 26.0 Å². The molecule has 0 aliphatic heterocycles. The van der Waals surface area contributed by atoms with Crippen molar-refractivity contribution >= 4 is 0 Å². The molecular formula is C8H17NO. The third-order valence-electron chi connectivity index (χ3n) is 0.347. The van der Waals surface area contributed by atoms with Crippen molar-refractivity contribution in [2.75, 3.05) is 0 Å². The third kappa shape index (κ3) is 15.7. The molecule has 2 nitrogen and oxygen atoms in total. The molecule has 1 aromatic rings. The first-order chi connectivity index (χ1) is 4.91. The van der Waals surface area contributed by atoms with E-state index in [-0.39, 0.29) is 0 Å². The van der Waals surface area contributed by atoms with Crippen LogP contribution in [0.5, 0.6) is 0 Å². The summed E-state index contributed by atoms with van der Waals surface area (Å²) < 4.78 is 4.33. The molecule has 2 heteroatoms. The Morgan fingerprint density at radius 1 is 1.30 bits per heavy atom. The molecule has 0 saturated carbocycles. The molecule has 0 N–H and O–H groups in total. The third-order valence-corrected chi connectivity index (χ3v) is 0.347. The predicted molar refractivity (Wildman–Crippen MR) is 43.8 cm³/mol. The van der Waals surface area contributed by atoms with E-state index in [0.717, 1.165) is 0 Å². The van der Waals surface area contributed by atoms with Crippen LogP contribution in [0, 0.1) is 0 Å². The van der Waals surface area contributed by atoms with Gasteiger partial charge in [-0.3, -0.25) is 0 Å². The first-order valence-corrected chi connectivity index (χ1v) is 3.76. The summed E-state index contributed by atoms with van der Waals surface area (Å²) in [5.74, 6) is 0. The van der Waals surface area contributed by atoms with E-state index >= 15 is 0 Å². The van der Waals surface area contributed by atoms with Crippen LogP contribution in [-0.4, -0.2) is 5.16 Å². The smallest absolute Gasteiger partial charge is 0.123 e. The zero-order valence-corrected chi connectivity index (χ0v) is 7.29. The van der Waals surface area contributed by atoms with Gasteiger partial charge >= 0.3 is 0 Å². The highest BCUT2D eigenvalue weighted by Crippen LogP contribution is 1.72. The van der Waals surface area contributed by atoms with Gasteiger partial charge in [0.1, 0.15) is 6.26 Å². The highest BCUT2D eigenvalue weighted by Gasteiger charge is 1.60. The first kappa shape index (κ1) is 11.9. The Labute approximate surface area is 63.2 Å². The molecular weight excluding hydrogens is 126 g/mol. The van der Waals surface area contributed by atoms with Crippen LogP contribution in [0.15, 0.2) is 23.0 Å². The maximum atomic E-state index is 4.33. The summed E-state index contributed by atoms with van der Waals surface area (Å²) in [4.78, 5) is 0. The lowest BCUT2D eigenvalue weighted by atomic mass is 10.6. The van der Waals surface area contributed by atoms with Crippen molar-refractivity contribution < 1.29 is 4.52 Å². The van der Waals surface area contributed by atoms with Crippen molar-refractivity contribution in [3.05, 3.63) is 18.5 Å². The van der Waals surface area contributed by atoms with E-state index in [0.29, 0.717) is 0 Å². The Morgan fingerprint density at radius 2 is 1.80 bits per heavy atom. The lowest BCUT2D eigenvalue weighted by Crippen LogP contribution is -1.38. The quantitative estimate of drug-likeness (QED) is 0.557. The Morgan fingerprint density at radius 3 is 1.90 bits per heavy atom. The fraction of sp³-hybridized carbons (Fsp3) is 0.625. The van der Waals surface area contributed by atoms with Gasteiger partial charge < -0.3 is 4.52 Å². The highest BCUT2D eigenvalue weighted by atomic mass is 16.5. The number of aromatic nitrogens is 1. The average Bonchev–Trinajstić information content (AvgIpc) is 2.48. The molecule has 0 atom stereocenters. The minimum absolute atomic E-state index is 1.25. The molecule has 10 heavy (non-hydrogen) atoms. The van der Waals surface area contributed by atoms with Gasteiger partial charge in [-0.2, -0.15) is 0 Å². The van der Waals surface area contributed by atoms with Gasteiger partial charge in [0.25, 0.3) is 0 Å². The van der Waals surface area contributed by atoms with E-state index in [4.69, 9.17) is 0 Å². The molecule has 0 bridgehead atoms. The van der Waals surface area contributed by atoms with Gasteiger partial charge in [0.2, 0.25) is 0 Å². The molecule has 0 amide bonds. The van der Waals surface area contributed by atoms with Crippen LogP contribution in [0.4, 0.5) is 0 Å². The van der Waals surface area contributed by atoms with Gasteiger partial charge in [0.05, 0.1) is 6.20 Å². The number of hydrogen-bond acceptors (Lipinski definition) is 2. The molecule has 0 aliphatic carbocycles. The molecule has 0 aromatic carbocycles. The van der Waals surface area contributed by atoms with Crippen molar-refractivity contribution in [3.8, 4) is 0 Å². The van der Waals surface area contributed by atoms with Crippen molar-refractivity contribution in [1.82, 2.24) is 5.16 Å². The lowest BCUT2D eigenvalue weighted by Gasteiger charge is -1.48. The maximum Gasteiger partial charge on any atom is 0.123 e. The molecule has 60 valence electrons. The van der Waals surface area contributed by atoms with E-state index in [1.807, 2.05) is 13.8 Å². The second-order valence-electron chi connectivity index (χ2n) is 1.40. The van der Waals surface area contributed by atoms with Gasteiger partial charge in [-0.25, -0.2) is 0 Å². The fourth-order valence-corrected chi connectivity index (χ4v) is 0.176. The summed E-state index contributed by atoms with van der Waals surface area (Å²) in [6.45, 7) is 8.25. The molecule has 0 saturated heterocycles. The van der Waals surface area contributed by atoms with Crippen LogP contribution >= 0.6 is 0 Å². The van der Waals surface area contributed by atoms with Gasteiger partial charge in [-0.1, -0.05) is 39.3 Å². The molecule has 0 fully saturated rings. The average molecular weight is 143 g/mol. The Bertz CT molecular complexity index is 76.2. The van der Waals surface area contributed by atoms with Crippen LogP contribution in [-0.2, 0) is 0 Å². The second-order valence-corrected chi connectivity index (χ2v) is 1.40. The van der Waals surface area contributed by atoms with E-state index in [9.17, 15) is 0 Å². The minimum atomic E-state index is 1.25. The lowest BCUT2D eigenvalue weighted by molar-refractivity contribution is 0.420. The fourth-order valence-electron chi connectivity index (χ4n) is 0.176. The van der Waals surface area contributed by atoms with E-state index in [1.54, 1.807) is 12.3 Å². The normalized spacial score (nSPS) is 6.40. The van der Waals surface area contributed by atoms with E-state index in [1.165, 1.54) is 12.7 Å². The van der Waals surface area contributed by atoms with Gasteiger partial charge in [-0.05, 0) is 6.07 Å². The number of hydrogen-bond donors (Lipinski definition) is 0. The molecule has 1 aromatic heterocycles. The summed E-state index contributed by atoms with van der Waals surface area (Å²) in [5.41, 5.74) is 0. The summed E-state index contributed by atoms with van der Waals surface area (Å²) in [6, 6.07) is 1.72. The molecule has 0 radical (unpaired) electrons. The van der Waals surface area contributed by atoms with Gasteiger partial charge in [0, 0.05) is 0 Å². The van der Waals surface area contributed by atoms with E-state index < -0.39 is 0 Å². The summed E-state index contributed by atoms with van der Waals surface area (Å²) >= 11 is 0. The summed E-state index contributed by atoms with van der Waals surface area (Å²) in [6.07, 6.45) is 4.35. The van der Waals surface area contributed by atoms with E-state index in [2.05, 4.69) is 23.5 Å². The van der Waals surface area contributed by atoms with Crippen molar-refractivity contribution in [1.29, 1.82) is 0 Å². The van der Waals surface area contributed by atoms with Gasteiger partial charge in [-0.15, -0.1) is 0 Å². The molecule has 0 spiro atoms. The SMILES string of the molecule is CC.CCC.c1cnoc1. The van der Waals surface area contributed by atoms with Crippen LogP contribution in [0.2, 0.25) is 0 Å². The molecule has 1 rings (SSSR count). The monoisotopic (exact) mass is 143 g/mol. The predicted octanol–water partition coefficient (Wildman–Crippen LogP) is 3.12. The Hall–Kier alpha value is -0.790. The van der Waals surface area contributed by atoms with Crippen molar-refractivity contribution in [3.63, 3.8) is 0 Å². The van der Waals surface area contributed by atoms with Crippen LogP contribution in [0.1, 0.15) is 34.1 Å². The van der Waals surface area contributed by atoms with Gasteiger partial charge in [0.15, 0.2) is 0 Å². The zero-order valence-electron chi connectivity index (χ0n) is 7.29. The molecule has 0 aliphatic rings. The summed E-state index contributed by atoms with van der Waals surface area (Å²) in [7, 11) is 0. The van der Waals surface area contributed by atoms with Crippen molar-refractivity contribution in [2.45, 2.75) is 34.1 Å². The Balaban J connectivity index is 0. The largest absolute Gasteiger partial charge is 0.365 e. The second kappa shape index (κ2) is 15.7. The molecule has 1 heterocycles. The number of nitrogens with zero attached hydrogens (tertiary/aromatic N) is 1. The zero-order chi connectivity index (χ0) is 8.24. The van der Waals surface area contributed by atoms with Crippen LogP contribution in [0.25, 0.3) is 0 Å². The standard InChI is InChI=1S/C3H3NO.C3H8.C2H6/c1-2-4-5-3-1;1-3-2;1-2/h1-3H;3H2,1-2H3;1-2H3. The van der Waals surface area contributed by atoms with Crippen LogP contribution in [0.3, 0.4) is 0 Å². The first-order valence-electron chi connectivity index (χ1n) is 3.76. The number of rotatable bonds is 0.